The first kappa shape index (κ1) is 8.55. The van der Waals surface area contributed by atoms with Crippen LogP contribution < -0.4 is 0 Å². The maximum Gasteiger partial charge on any atom is 0.400 e. The second-order valence-electron chi connectivity index (χ2n) is 1.79. The summed E-state index contributed by atoms with van der Waals surface area (Å²) in [7, 11) is -3.82. The van der Waals surface area contributed by atoms with Crippen molar-refractivity contribution in [2.75, 3.05) is 13.2 Å². The average molecular weight is 207 g/mol. The summed E-state index contributed by atoms with van der Waals surface area (Å²) in [6.07, 6.45) is 0. The van der Waals surface area contributed by atoms with Crippen LogP contribution in [0.4, 0.5) is 0 Å². The monoisotopic (exact) mass is 206 g/mol. The van der Waals surface area contributed by atoms with E-state index < -0.39 is 14.7 Å². The van der Waals surface area contributed by atoms with E-state index in [1.807, 2.05) is 0 Å². The predicted molar refractivity (Wildman–Crippen MR) is 35.3 cm³/mol. The molecule has 0 saturated carbocycles. The molecule has 0 bridgehead atoms. The molecule has 1 aliphatic rings. The van der Waals surface area contributed by atoms with Crippen LogP contribution in [0, 0.1) is 0 Å². The molecule has 0 aromatic rings. The zero-order valence-corrected chi connectivity index (χ0v) is 7.04. The highest BCUT2D eigenvalue weighted by atomic mass is 35.5. The first-order chi connectivity index (χ1) is 4.41. The van der Waals surface area contributed by atoms with E-state index in [1.54, 1.807) is 0 Å². The van der Waals surface area contributed by atoms with Gasteiger partial charge in [0, 0.05) is 0 Å². The van der Waals surface area contributed by atoms with Gasteiger partial charge in [0.25, 0.3) is 0 Å². The topological polar surface area (TPSA) is 52.6 Å². The Labute approximate surface area is 68.3 Å². The summed E-state index contributed by atoms with van der Waals surface area (Å²) in [4.78, 5) is 0. The first-order valence-electron chi connectivity index (χ1n) is 2.33. The van der Waals surface area contributed by atoms with Gasteiger partial charge in [-0.05, 0) is 0 Å². The summed E-state index contributed by atoms with van der Waals surface area (Å²) >= 11 is 10.9. The van der Waals surface area contributed by atoms with Crippen LogP contribution in [-0.2, 0) is 18.8 Å². The molecule has 0 N–H and O–H groups in total. The number of hydrogen-bond acceptors (Lipinski definition) is 4. The second kappa shape index (κ2) is 2.49. The Balaban J connectivity index is 2.63. The van der Waals surface area contributed by atoms with Gasteiger partial charge >= 0.3 is 10.4 Å². The lowest BCUT2D eigenvalue weighted by Crippen LogP contribution is -2.36. The van der Waals surface area contributed by atoms with Crippen molar-refractivity contribution in [1.82, 2.24) is 0 Å². The summed E-state index contributed by atoms with van der Waals surface area (Å²) in [5, 5.41) is 0. The van der Waals surface area contributed by atoms with Crippen LogP contribution in [0.25, 0.3) is 0 Å². The molecule has 1 saturated heterocycles. The number of alkyl halides is 2. The molecule has 0 aromatic carbocycles. The van der Waals surface area contributed by atoms with Gasteiger partial charge in [0.05, 0.1) is 0 Å². The third-order valence-electron chi connectivity index (χ3n) is 0.829. The molecular weight excluding hydrogens is 203 g/mol. The number of rotatable bonds is 0. The van der Waals surface area contributed by atoms with Crippen LogP contribution in [-0.4, -0.2) is 26.0 Å². The maximum atomic E-state index is 10.4. The lowest BCUT2D eigenvalue weighted by atomic mass is 10.5. The third-order valence-corrected chi connectivity index (χ3v) is 2.08. The van der Waals surface area contributed by atoms with E-state index >= 15 is 0 Å². The van der Waals surface area contributed by atoms with Crippen molar-refractivity contribution in [3.05, 3.63) is 0 Å². The van der Waals surface area contributed by atoms with E-state index in [0.29, 0.717) is 0 Å². The van der Waals surface area contributed by atoms with Gasteiger partial charge in [0.1, 0.15) is 13.2 Å². The summed E-state index contributed by atoms with van der Waals surface area (Å²) in [5.74, 6) is 0. The zero-order chi connectivity index (χ0) is 7.83. The van der Waals surface area contributed by atoms with Crippen LogP contribution in [0.2, 0.25) is 0 Å². The van der Waals surface area contributed by atoms with E-state index in [2.05, 4.69) is 8.37 Å². The summed E-state index contributed by atoms with van der Waals surface area (Å²) in [6, 6.07) is 0. The molecule has 1 rings (SSSR count). The van der Waals surface area contributed by atoms with Crippen LogP contribution in [0.15, 0.2) is 0 Å². The van der Waals surface area contributed by atoms with Gasteiger partial charge < -0.3 is 0 Å². The van der Waals surface area contributed by atoms with E-state index in [0.717, 1.165) is 0 Å². The molecule has 1 aliphatic heterocycles. The molecule has 0 amide bonds. The van der Waals surface area contributed by atoms with Crippen molar-refractivity contribution in [3.63, 3.8) is 0 Å². The van der Waals surface area contributed by atoms with Gasteiger partial charge in [-0.1, -0.05) is 23.2 Å². The highest BCUT2D eigenvalue weighted by Gasteiger charge is 2.35. The molecule has 60 valence electrons. The molecule has 10 heavy (non-hydrogen) atoms. The van der Waals surface area contributed by atoms with Crippen LogP contribution in [0.3, 0.4) is 0 Å². The summed E-state index contributed by atoms with van der Waals surface area (Å²) in [6.45, 7) is -0.531. The Hall–Kier alpha value is 0.450. The maximum absolute atomic E-state index is 10.4. The fourth-order valence-electron chi connectivity index (χ4n) is 0.392. The fourth-order valence-corrected chi connectivity index (χ4v) is 1.63. The van der Waals surface area contributed by atoms with E-state index in [1.165, 1.54) is 0 Å². The summed E-state index contributed by atoms with van der Waals surface area (Å²) in [5.41, 5.74) is 0. The predicted octanol–water partition coefficient (Wildman–Crippen LogP) is 0.452. The van der Waals surface area contributed by atoms with Crippen molar-refractivity contribution in [1.29, 1.82) is 0 Å². The van der Waals surface area contributed by atoms with Crippen molar-refractivity contribution in [3.8, 4) is 0 Å². The Morgan fingerprint density at radius 3 is 1.90 bits per heavy atom. The van der Waals surface area contributed by atoms with Crippen molar-refractivity contribution < 1.29 is 16.8 Å². The zero-order valence-electron chi connectivity index (χ0n) is 4.71. The van der Waals surface area contributed by atoms with E-state index in [4.69, 9.17) is 23.2 Å². The van der Waals surface area contributed by atoms with Gasteiger partial charge in [0.15, 0.2) is 4.33 Å². The number of halogens is 2. The van der Waals surface area contributed by atoms with Crippen molar-refractivity contribution in [2.24, 2.45) is 0 Å². The largest absolute Gasteiger partial charge is 0.400 e. The lowest BCUT2D eigenvalue weighted by molar-refractivity contribution is 0.147. The third kappa shape index (κ3) is 2.25. The van der Waals surface area contributed by atoms with Crippen molar-refractivity contribution in [2.45, 2.75) is 4.33 Å². The van der Waals surface area contributed by atoms with Gasteiger partial charge in [-0.25, -0.2) is 8.37 Å². The Morgan fingerprint density at radius 1 is 1.20 bits per heavy atom. The van der Waals surface area contributed by atoms with Crippen LogP contribution in [0.5, 0.6) is 0 Å². The second-order valence-corrected chi connectivity index (χ2v) is 4.72. The SMILES string of the molecule is O=S1(=O)OCC(Cl)(Cl)CO1. The molecule has 0 radical (unpaired) electrons. The Bertz CT molecular complexity index is 205. The molecule has 1 fully saturated rings. The average Bonchev–Trinajstić information content (AvgIpc) is 1.79. The molecule has 7 heteroatoms. The smallest absolute Gasteiger partial charge is 0.245 e. The standard InChI is InChI=1S/C3H4Cl2O4S/c4-3(5)1-8-10(6,7)9-2-3/h1-2H2. The number of hydrogen-bond donors (Lipinski definition) is 0. The quantitative estimate of drug-likeness (QED) is 0.541. The Kier molecular flexibility index (Phi) is 2.13. The molecule has 0 atom stereocenters. The molecule has 0 aliphatic carbocycles. The van der Waals surface area contributed by atoms with Gasteiger partial charge in [-0.3, -0.25) is 0 Å². The van der Waals surface area contributed by atoms with E-state index in [-0.39, 0.29) is 13.2 Å². The summed E-state index contributed by atoms with van der Waals surface area (Å²) < 4.78 is 27.8. The molecule has 0 unspecified atom stereocenters. The molecular formula is C3H4Cl2O4S. The molecule has 0 aromatic heterocycles. The minimum Gasteiger partial charge on any atom is -0.245 e. The highest BCUT2D eigenvalue weighted by molar-refractivity contribution is 7.81. The normalized spacial score (nSPS) is 29.8. The van der Waals surface area contributed by atoms with Crippen molar-refractivity contribution >= 4 is 33.6 Å². The molecule has 1 heterocycles. The van der Waals surface area contributed by atoms with Crippen LogP contribution >= 0.6 is 23.2 Å². The lowest BCUT2D eigenvalue weighted by Gasteiger charge is -2.23. The van der Waals surface area contributed by atoms with E-state index in [9.17, 15) is 8.42 Å². The molecule has 4 nitrogen and oxygen atoms in total. The van der Waals surface area contributed by atoms with Gasteiger partial charge in [-0.15, -0.1) is 0 Å². The fraction of sp³-hybridized carbons (Fsp3) is 1.00. The first-order valence-corrected chi connectivity index (χ1v) is 4.42. The van der Waals surface area contributed by atoms with Crippen LogP contribution in [0.1, 0.15) is 0 Å². The Morgan fingerprint density at radius 2 is 1.60 bits per heavy atom. The minimum atomic E-state index is -3.82. The highest BCUT2D eigenvalue weighted by Crippen LogP contribution is 2.27. The minimum absolute atomic E-state index is 0.265. The molecule has 0 spiro atoms. The van der Waals surface area contributed by atoms with Gasteiger partial charge in [-0.2, -0.15) is 8.42 Å². The van der Waals surface area contributed by atoms with Gasteiger partial charge in [0.2, 0.25) is 0 Å².